The standard InChI is InChI=1S/C13H24N4O3/c1-9(2)11(12(14)15-20)13(19)16(3)8-10(18)17-6-4-5-7-17/h9,11,20H,4-8H2,1-3H3,(H2,14,15). The fourth-order valence-electron chi connectivity index (χ4n) is 2.40. The molecule has 1 heterocycles. The van der Waals surface area contributed by atoms with Crippen LogP contribution in [0.1, 0.15) is 26.7 Å². The largest absolute Gasteiger partial charge is 0.409 e. The highest BCUT2D eigenvalue weighted by Gasteiger charge is 2.31. The summed E-state index contributed by atoms with van der Waals surface area (Å²) in [5.74, 6) is -1.30. The number of hydrogen-bond donors (Lipinski definition) is 2. The van der Waals surface area contributed by atoms with Crippen molar-refractivity contribution in [1.29, 1.82) is 0 Å². The third-order valence-corrected chi connectivity index (χ3v) is 3.57. The minimum absolute atomic E-state index is 0.0285. The van der Waals surface area contributed by atoms with Crippen LogP contribution in [0.3, 0.4) is 0 Å². The van der Waals surface area contributed by atoms with E-state index >= 15 is 0 Å². The van der Waals surface area contributed by atoms with Crippen LogP contribution in [0.25, 0.3) is 0 Å². The van der Waals surface area contributed by atoms with Gasteiger partial charge < -0.3 is 20.7 Å². The van der Waals surface area contributed by atoms with E-state index in [4.69, 9.17) is 10.9 Å². The van der Waals surface area contributed by atoms with Gasteiger partial charge in [-0.3, -0.25) is 9.59 Å². The van der Waals surface area contributed by atoms with Crippen molar-refractivity contribution >= 4 is 17.6 Å². The summed E-state index contributed by atoms with van der Waals surface area (Å²) in [6.07, 6.45) is 2.03. The van der Waals surface area contributed by atoms with Gasteiger partial charge in [0.25, 0.3) is 0 Å². The topological polar surface area (TPSA) is 99.2 Å². The first-order valence-electron chi connectivity index (χ1n) is 6.88. The molecular weight excluding hydrogens is 260 g/mol. The molecule has 7 nitrogen and oxygen atoms in total. The summed E-state index contributed by atoms with van der Waals surface area (Å²) in [5.41, 5.74) is 5.57. The number of nitrogens with two attached hydrogens (primary N) is 1. The molecule has 0 spiro atoms. The summed E-state index contributed by atoms with van der Waals surface area (Å²) < 4.78 is 0. The molecule has 0 aromatic carbocycles. The van der Waals surface area contributed by atoms with Crippen LogP contribution in [-0.2, 0) is 9.59 Å². The highest BCUT2D eigenvalue weighted by molar-refractivity contribution is 6.03. The molecule has 0 saturated carbocycles. The number of carbonyl (C=O) groups excluding carboxylic acids is 2. The van der Waals surface area contributed by atoms with Gasteiger partial charge in [0, 0.05) is 20.1 Å². The zero-order valence-corrected chi connectivity index (χ0v) is 12.4. The average molecular weight is 284 g/mol. The first-order valence-corrected chi connectivity index (χ1v) is 6.88. The minimum Gasteiger partial charge on any atom is -0.409 e. The fraction of sp³-hybridized carbons (Fsp3) is 0.769. The monoisotopic (exact) mass is 284 g/mol. The van der Waals surface area contributed by atoms with Gasteiger partial charge in [-0.1, -0.05) is 19.0 Å². The number of carbonyl (C=O) groups is 2. The van der Waals surface area contributed by atoms with Crippen LogP contribution in [0, 0.1) is 11.8 Å². The molecular formula is C13H24N4O3. The van der Waals surface area contributed by atoms with Gasteiger partial charge in [0.2, 0.25) is 11.8 Å². The van der Waals surface area contributed by atoms with Gasteiger partial charge in [-0.05, 0) is 18.8 Å². The Morgan fingerprint density at radius 2 is 1.90 bits per heavy atom. The van der Waals surface area contributed by atoms with E-state index in [0.29, 0.717) is 0 Å². The Bertz CT molecular complexity index is 389. The lowest BCUT2D eigenvalue weighted by Gasteiger charge is -2.26. The number of amides is 2. The van der Waals surface area contributed by atoms with E-state index in [-0.39, 0.29) is 30.1 Å². The molecule has 1 aliphatic rings. The lowest BCUT2D eigenvalue weighted by atomic mass is 9.93. The third kappa shape index (κ3) is 3.85. The maximum atomic E-state index is 12.3. The number of hydrogen-bond acceptors (Lipinski definition) is 4. The van der Waals surface area contributed by atoms with Crippen LogP contribution >= 0.6 is 0 Å². The van der Waals surface area contributed by atoms with E-state index in [1.165, 1.54) is 4.90 Å². The maximum absolute atomic E-state index is 12.3. The summed E-state index contributed by atoms with van der Waals surface area (Å²) in [7, 11) is 1.57. The first kappa shape index (κ1) is 16.3. The second-order valence-corrected chi connectivity index (χ2v) is 5.53. The molecule has 1 fully saturated rings. The van der Waals surface area contributed by atoms with E-state index in [0.717, 1.165) is 25.9 Å². The van der Waals surface area contributed by atoms with Gasteiger partial charge in [0.1, 0.15) is 5.92 Å². The molecule has 114 valence electrons. The highest BCUT2D eigenvalue weighted by atomic mass is 16.4. The second-order valence-electron chi connectivity index (χ2n) is 5.53. The molecule has 0 bridgehead atoms. The molecule has 3 N–H and O–H groups in total. The highest BCUT2D eigenvalue weighted by Crippen LogP contribution is 2.15. The second kappa shape index (κ2) is 7.12. The lowest BCUT2D eigenvalue weighted by molar-refractivity contribution is -0.140. The molecule has 7 heteroatoms. The van der Waals surface area contributed by atoms with Crippen molar-refractivity contribution in [2.45, 2.75) is 26.7 Å². The fourth-order valence-corrected chi connectivity index (χ4v) is 2.40. The van der Waals surface area contributed by atoms with Gasteiger partial charge in [-0.2, -0.15) is 0 Å². The van der Waals surface area contributed by atoms with Gasteiger partial charge in [-0.15, -0.1) is 0 Å². The van der Waals surface area contributed by atoms with Crippen molar-refractivity contribution in [1.82, 2.24) is 9.80 Å². The predicted molar refractivity (Wildman–Crippen MR) is 75.2 cm³/mol. The Morgan fingerprint density at radius 3 is 2.35 bits per heavy atom. The van der Waals surface area contributed by atoms with Crippen LogP contribution in [0.15, 0.2) is 5.16 Å². The summed E-state index contributed by atoms with van der Waals surface area (Å²) in [6.45, 7) is 5.18. The van der Waals surface area contributed by atoms with Crippen LogP contribution in [0.2, 0.25) is 0 Å². The van der Waals surface area contributed by atoms with E-state index in [1.807, 2.05) is 13.8 Å². The molecule has 2 amide bonds. The number of nitrogens with zero attached hydrogens (tertiary/aromatic N) is 3. The number of oxime groups is 1. The van der Waals surface area contributed by atoms with Crippen molar-refractivity contribution < 1.29 is 14.8 Å². The van der Waals surface area contributed by atoms with E-state index in [1.54, 1.807) is 11.9 Å². The third-order valence-electron chi connectivity index (χ3n) is 3.57. The van der Waals surface area contributed by atoms with E-state index < -0.39 is 5.92 Å². The number of rotatable bonds is 5. The van der Waals surface area contributed by atoms with Crippen molar-refractivity contribution in [3.8, 4) is 0 Å². The molecule has 1 saturated heterocycles. The Labute approximate surface area is 119 Å². The Kier molecular flexibility index (Phi) is 5.79. The van der Waals surface area contributed by atoms with Crippen LogP contribution in [0.5, 0.6) is 0 Å². The molecule has 0 aromatic heterocycles. The van der Waals surface area contributed by atoms with Gasteiger partial charge in [-0.25, -0.2) is 0 Å². The van der Waals surface area contributed by atoms with Crippen LogP contribution in [0.4, 0.5) is 0 Å². The molecule has 1 aliphatic heterocycles. The smallest absolute Gasteiger partial charge is 0.242 e. The van der Waals surface area contributed by atoms with Crippen molar-refractivity contribution in [2.24, 2.45) is 22.7 Å². The van der Waals surface area contributed by atoms with Crippen molar-refractivity contribution in [2.75, 3.05) is 26.7 Å². The summed E-state index contributed by atoms with van der Waals surface area (Å²) in [5, 5.41) is 11.7. The summed E-state index contributed by atoms with van der Waals surface area (Å²) >= 11 is 0. The van der Waals surface area contributed by atoms with Crippen molar-refractivity contribution in [3.63, 3.8) is 0 Å². The molecule has 0 radical (unpaired) electrons. The molecule has 0 aromatic rings. The molecule has 1 unspecified atom stereocenters. The van der Waals surface area contributed by atoms with Gasteiger partial charge in [0.05, 0.1) is 6.54 Å². The van der Waals surface area contributed by atoms with Crippen LogP contribution < -0.4 is 5.73 Å². The summed E-state index contributed by atoms with van der Waals surface area (Å²) in [4.78, 5) is 27.4. The van der Waals surface area contributed by atoms with Gasteiger partial charge >= 0.3 is 0 Å². The predicted octanol–water partition coefficient (Wildman–Crippen LogP) is 0.0858. The first-order chi connectivity index (χ1) is 9.38. The van der Waals surface area contributed by atoms with Gasteiger partial charge in [0.15, 0.2) is 5.84 Å². The normalized spacial score (nSPS) is 17.4. The SMILES string of the molecule is CC(C)C(C(=O)N(C)CC(=O)N1CCCC1)C(N)=NO. The zero-order valence-electron chi connectivity index (χ0n) is 12.4. The minimum atomic E-state index is -0.712. The van der Waals surface area contributed by atoms with Crippen LogP contribution in [-0.4, -0.2) is 59.3 Å². The number of likely N-dealkylation sites (tertiary alicyclic amines) is 1. The Hall–Kier alpha value is -1.79. The molecule has 0 aliphatic carbocycles. The summed E-state index contributed by atoms with van der Waals surface area (Å²) in [6, 6.07) is 0. The quantitative estimate of drug-likeness (QED) is 0.323. The zero-order chi connectivity index (χ0) is 15.3. The maximum Gasteiger partial charge on any atom is 0.242 e. The molecule has 1 atom stereocenters. The molecule has 20 heavy (non-hydrogen) atoms. The van der Waals surface area contributed by atoms with Crippen molar-refractivity contribution in [3.05, 3.63) is 0 Å². The Morgan fingerprint density at radius 1 is 1.35 bits per heavy atom. The number of amidine groups is 1. The Balaban J connectivity index is 2.66. The van der Waals surface area contributed by atoms with E-state index in [2.05, 4.69) is 5.16 Å². The lowest BCUT2D eigenvalue weighted by Crippen LogP contribution is -2.46. The number of likely N-dealkylation sites (N-methyl/N-ethyl adjacent to an activating group) is 1. The molecule has 1 rings (SSSR count). The average Bonchev–Trinajstić information content (AvgIpc) is 2.91. The van der Waals surface area contributed by atoms with E-state index in [9.17, 15) is 9.59 Å².